The third-order valence-electron chi connectivity index (χ3n) is 4.64. The van der Waals surface area contributed by atoms with Crippen molar-refractivity contribution in [1.82, 2.24) is 20.0 Å². The Morgan fingerprint density at radius 2 is 1.96 bits per heavy atom. The van der Waals surface area contributed by atoms with Gasteiger partial charge in [0, 0.05) is 38.2 Å². The first-order valence-corrected chi connectivity index (χ1v) is 8.77. The molecule has 1 aliphatic heterocycles. The number of H-pyrrole nitrogens is 1. The molecule has 1 fully saturated rings. The van der Waals surface area contributed by atoms with Crippen LogP contribution in [0.1, 0.15) is 35.8 Å². The summed E-state index contributed by atoms with van der Waals surface area (Å²) >= 11 is 0. The quantitative estimate of drug-likeness (QED) is 0.900. The Bertz CT molecular complexity index is 814. The highest BCUT2D eigenvalue weighted by molar-refractivity contribution is 5.92. The maximum absolute atomic E-state index is 12.7. The normalized spacial score (nSPS) is 17.9. The molecule has 3 rings (SSSR count). The predicted octanol–water partition coefficient (Wildman–Crippen LogP) is 1.42. The Morgan fingerprint density at radius 1 is 1.19 bits per heavy atom. The number of hydrogen-bond donors (Lipinski definition) is 1. The van der Waals surface area contributed by atoms with E-state index in [-0.39, 0.29) is 35.5 Å². The monoisotopic (exact) mass is 354 g/mol. The lowest BCUT2D eigenvalue weighted by atomic mass is 10.1. The van der Waals surface area contributed by atoms with Gasteiger partial charge in [0.1, 0.15) is 5.69 Å². The number of hydrogen-bond acceptors (Lipinski definition) is 4. The summed E-state index contributed by atoms with van der Waals surface area (Å²) in [6, 6.07) is 12.5. The zero-order chi connectivity index (χ0) is 18.5. The summed E-state index contributed by atoms with van der Waals surface area (Å²) in [5, 5.41) is 6.09. The zero-order valence-corrected chi connectivity index (χ0v) is 14.7. The first-order chi connectivity index (χ1) is 12.6. The minimum Gasteiger partial charge on any atom is -0.335 e. The lowest BCUT2D eigenvalue weighted by molar-refractivity contribution is -0.133. The Balaban J connectivity index is 1.78. The van der Waals surface area contributed by atoms with Crippen molar-refractivity contribution in [3.8, 4) is 0 Å². The van der Waals surface area contributed by atoms with Gasteiger partial charge in [0.15, 0.2) is 0 Å². The van der Waals surface area contributed by atoms with Crippen LogP contribution in [0.5, 0.6) is 0 Å². The van der Waals surface area contributed by atoms with Gasteiger partial charge in [-0.1, -0.05) is 37.3 Å². The zero-order valence-electron chi connectivity index (χ0n) is 14.7. The van der Waals surface area contributed by atoms with Crippen molar-refractivity contribution in [1.29, 1.82) is 0 Å². The Morgan fingerprint density at radius 3 is 2.62 bits per heavy atom. The number of carbonyl (C=O) groups excluding carboxylic acids is 2. The molecule has 0 bridgehead atoms. The third-order valence-corrected chi connectivity index (χ3v) is 4.64. The summed E-state index contributed by atoms with van der Waals surface area (Å²) in [6.45, 7) is 3.36. The number of aromatic amines is 1. The van der Waals surface area contributed by atoms with Crippen molar-refractivity contribution >= 4 is 11.8 Å². The third kappa shape index (κ3) is 3.99. The fraction of sp³-hybridized carbons (Fsp3) is 0.368. The van der Waals surface area contributed by atoms with Crippen molar-refractivity contribution < 1.29 is 9.59 Å². The molecule has 1 aromatic heterocycles. The minimum absolute atomic E-state index is 0.0467. The van der Waals surface area contributed by atoms with Crippen LogP contribution in [0.15, 0.2) is 47.3 Å². The first-order valence-electron chi connectivity index (χ1n) is 8.77. The van der Waals surface area contributed by atoms with E-state index in [0.717, 1.165) is 12.0 Å². The van der Waals surface area contributed by atoms with E-state index >= 15 is 0 Å². The second-order valence-corrected chi connectivity index (χ2v) is 6.38. The molecule has 0 saturated carbocycles. The van der Waals surface area contributed by atoms with Gasteiger partial charge in [-0.15, -0.1) is 0 Å². The first kappa shape index (κ1) is 17.8. The Kier molecular flexibility index (Phi) is 5.46. The fourth-order valence-corrected chi connectivity index (χ4v) is 3.18. The largest absolute Gasteiger partial charge is 0.335 e. The molecule has 26 heavy (non-hydrogen) atoms. The van der Waals surface area contributed by atoms with Crippen LogP contribution < -0.4 is 5.56 Å². The summed E-state index contributed by atoms with van der Waals surface area (Å²) in [5.41, 5.74) is 0.901. The smallest absolute Gasteiger partial charge is 0.274 e. The van der Waals surface area contributed by atoms with Gasteiger partial charge >= 0.3 is 0 Å². The molecular formula is C19H22N4O3. The molecule has 1 N–H and O–H groups in total. The van der Waals surface area contributed by atoms with Crippen LogP contribution in [-0.2, 0) is 11.3 Å². The molecule has 0 spiro atoms. The molecule has 1 atom stereocenters. The average molecular weight is 354 g/mol. The highest BCUT2D eigenvalue weighted by Crippen LogP contribution is 2.18. The molecule has 2 amide bonds. The van der Waals surface area contributed by atoms with E-state index in [4.69, 9.17) is 0 Å². The van der Waals surface area contributed by atoms with Crippen LogP contribution in [0.4, 0.5) is 0 Å². The van der Waals surface area contributed by atoms with Gasteiger partial charge < -0.3 is 9.80 Å². The van der Waals surface area contributed by atoms with Crippen LogP contribution in [0, 0.1) is 0 Å². The van der Waals surface area contributed by atoms with E-state index in [1.165, 1.54) is 12.1 Å². The second-order valence-electron chi connectivity index (χ2n) is 6.38. The number of amides is 2. The average Bonchev–Trinajstić information content (AvgIpc) is 2.82. The van der Waals surface area contributed by atoms with Crippen LogP contribution >= 0.6 is 0 Å². The van der Waals surface area contributed by atoms with Gasteiger partial charge in [0.05, 0.1) is 0 Å². The maximum Gasteiger partial charge on any atom is 0.274 e. The second kappa shape index (κ2) is 7.95. The SMILES string of the molecule is CC[C@@H]1CN(C(=O)c2ccc(=O)[nH]n2)CCC(=O)N1Cc1ccccc1. The van der Waals surface area contributed by atoms with Gasteiger partial charge in [-0.25, -0.2) is 5.10 Å². The van der Waals surface area contributed by atoms with Crippen LogP contribution in [0.2, 0.25) is 0 Å². The molecule has 7 heteroatoms. The van der Waals surface area contributed by atoms with E-state index in [2.05, 4.69) is 10.2 Å². The molecule has 136 valence electrons. The Hall–Kier alpha value is -2.96. The molecule has 1 aromatic carbocycles. The molecule has 0 unspecified atom stereocenters. The molecule has 1 aliphatic rings. The summed E-state index contributed by atoms with van der Waals surface area (Å²) in [4.78, 5) is 40.0. The lowest BCUT2D eigenvalue weighted by Crippen LogP contribution is -2.44. The van der Waals surface area contributed by atoms with E-state index in [9.17, 15) is 14.4 Å². The highest BCUT2D eigenvalue weighted by Gasteiger charge is 2.31. The number of nitrogens with zero attached hydrogens (tertiary/aromatic N) is 3. The summed E-state index contributed by atoms with van der Waals surface area (Å²) in [5.74, 6) is -0.223. The van der Waals surface area contributed by atoms with Gasteiger partial charge in [0.2, 0.25) is 5.91 Å². The molecule has 2 heterocycles. The van der Waals surface area contributed by atoms with Gasteiger partial charge in [-0.2, -0.15) is 5.10 Å². The number of benzene rings is 1. The maximum atomic E-state index is 12.7. The van der Waals surface area contributed by atoms with E-state index in [1.807, 2.05) is 42.2 Å². The summed E-state index contributed by atoms with van der Waals surface area (Å²) in [6.07, 6.45) is 1.03. The lowest BCUT2D eigenvalue weighted by Gasteiger charge is -2.31. The van der Waals surface area contributed by atoms with Crippen molar-refractivity contribution in [2.24, 2.45) is 0 Å². The summed E-state index contributed by atoms with van der Waals surface area (Å²) in [7, 11) is 0. The number of nitrogens with one attached hydrogen (secondary N) is 1. The summed E-state index contributed by atoms with van der Waals surface area (Å²) < 4.78 is 0. The van der Waals surface area contributed by atoms with Gasteiger partial charge in [-0.05, 0) is 18.1 Å². The molecular weight excluding hydrogens is 332 g/mol. The number of aromatic nitrogens is 2. The van der Waals surface area contributed by atoms with Crippen LogP contribution in [-0.4, -0.2) is 50.9 Å². The van der Waals surface area contributed by atoms with Gasteiger partial charge in [-0.3, -0.25) is 14.4 Å². The molecule has 0 radical (unpaired) electrons. The van der Waals surface area contributed by atoms with Crippen molar-refractivity contribution in [3.63, 3.8) is 0 Å². The van der Waals surface area contributed by atoms with E-state index in [1.54, 1.807) is 4.90 Å². The van der Waals surface area contributed by atoms with Crippen molar-refractivity contribution in [2.45, 2.75) is 32.4 Å². The van der Waals surface area contributed by atoms with Crippen molar-refractivity contribution in [2.75, 3.05) is 13.1 Å². The van der Waals surface area contributed by atoms with E-state index in [0.29, 0.717) is 19.6 Å². The van der Waals surface area contributed by atoms with Crippen LogP contribution in [0.3, 0.4) is 0 Å². The molecule has 1 saturated heterocycles. The number of carbonyl (C=O) groups is 2. The standard InChI is InChI=1S/C19H22N4O3/c1-2-15-13-22(19(26)16-8-9-17(24)21-20-16)11-10-18(25)23(15)12-14-6-4-3-5-7-14/h3-9,15H,2,10-13H2,1H3,(H,21,24)/t15-/m1/s1. The topological polar surface area (TPSA) is 86.4 Å². The molecule has 7 nitrogen and oxygen atoms in total. The highest BCUT2D eigenvalue weighted by atomic mass is 16.2. The predicted molar refractivity (Wildman–Crippen MR) is 96.4 cm³/mol. The minimum atomic E-state index is -0.354. The van der Waals surface area contributed by atoms with Crippen molar-refractivity contribution in [3.05, 3.63) is 64.1 Å². The molecule has 0 aliphatic carbocycles. The van der Waals surface area contributed by atoms with E-state index < -0.39 is 0 Å². The van der Waals surface area contributed by atoms with Crippen LogP contribution in [0.25, 0.3) is 0 Å². The van der Waals surface area contributed by atoms with Gasteiger partial charge in [0.25, 0.3) is 11.5 Å². The Labute approximate surface area is 151 Å². The molecule has 2 aromatic rings. The fourth-order valence-electron chi connectivity index (χ4n) is 3.18. The number of rotatable bonds is 4.